The number of nitrogens with zero attached hydrogens (tertiary/aromatic N) is 1. The molecule has 112 valence electrons. The summed E-state index contributed by atoms with van der Waals surface area (Å²) < 4.78 is 0. The van der Waals surface area contributed by atoms with E-state index in [1.165, 1.54) is 18.3 Å². The second-order valence-electron chi connectivity index (χ2n) is 4.19. The fourth-order valence-electron chi connectivity index (χ4n) is 1.53. The minimum absolute atomic E-state index is 0.251. The van der Waals surface area contributed by atoms with Crippen LogP contribution in [0.25, 0.3) is 0 Å². The smallest absolute Gasteiger partial charge is 0.316 e. The molecule has 2 aromatic rings. The molecule has 0 spiro atoms. The summed E-state index contributed by atoms with van der Waals surface area (Å²) in [6.07, 6.45) is 1.43. The van der Waals surface area contributed by atoms with Gasteiger partial charge in [-0.25, -0.2) is 5.43 Å². The molecule has 0 aliphatic carbocycles. The van der Waals surface area contributed by atoms with Crippen LogP contribution in [0.3, 0.4) is 0 Å². The van der Waals surface area contributed by atoms with Gasteiger partial charge in [0.2, 0.25) is 0 Å². The highest BCUT2D eigenvalue weighted by Gasteiger charge is 2.14. The van der Waals surface area contributed by atoms with Crippen LogP contribution >= 0.6 is 23.2 Å². The molecule has 22 heavy (non-hydrogen) atoms. The van der Waals surface area contributed by atoms with Gasteiger partial charge < -0.3 is 5.32 Å². The van der Waals surface area contributed by atoms with Crippen LogP contribution in [0.4, 0.5) is 5.69 Å². The van der Waals surface area contributed by atoms with Gasteiger partial charge in [0, 0.05) is 5.02 Å². The monoisotopic (exact) mass is 335 g/mol. The molecular weight excluding hydrogens is 325 g/mol. The van der Waals surface area contributed by atoms with Gasteiger partial charge in [0.05, 0.1) is 16.9 Å². The molecule has 0 unspecified atom stereocenters. The van der Waals surface area contributed by atoms with E-state index in [9.17, 15) is 9.59 Å². The molecule has 0 aliphatic rings. The SMILES string of the molecule is O=C(NN=Cc1ccccc1)C(=O)Nc1cc(Cl)ccc1Cl. The Hall–Kier alpha value is -2.37. The summed E-state index contributed by atoms with van der Waals surface area (Å²) in [6.45, 7) is 0. The molecular formula is C15H11Cl2N3O2. The van der Waals surface area contributed by atoms with Crippen LogP contribution in [0.15, 0.2) is 53.6 Å². The van der Waals surface area contributed by atoms with Crippen LogP contribution in [0.1, 0.15) is 5.56 Å². The maximum atomic E-state index is 11.7. The number of anilines is 1. The number of nitrogens with one attached hydrogen (secondary N) is 2. The van der Waals surface area contributed by atoms with E-state index in [2.05, 4.69) is 15.8 Å². The molecule has 0 bridgehead atoms. The number of carbonyl (C=O) groups excluding carboxylic acids is 2. The van der Waals surface area contributed by atoms with Gasteiger partial charge in [-0.2, -0.15) is 5.10 Å². The molecule has 0 heterocycles. The lowest BCUT2D eigenvalue weighted by molar-refractivity contribution is -0.136. The first-order chi connectivity index (χ1) is 10.6. The van der Waals surface area contributed by atoms with Crippen LogP contribution in [-0.2, 0) is 9.59 Å². The summed E-state index contributed by atoms with van der Waals surface area (Å²) in [5.41, 5.74) is 3.17. The Balaban J connectivity index is 1.94. The summed E-state index contributed by atoms with van der Waals surface area (Å²) in [4.78, 5) is 23.3. The third-order valence-corrected chi connectivity index (χ3v) is 3.13. The predicted molar refractivity (Wildman–Crippen MR) is 87.3 cm³/mol. The zero-order valence-electron chi connectivity index (χ0n) is 11.2. The highest BCUT2D eigenvalue weighted by atomic mass is 35.5. The Kier molecular flexibility index (Phi) is 5.52. The second-order valence-corrected chi connectivity index (χ2v) is 5.03. The van der Waals surface area contributed by atoms with Crippen LogP contribution in [0.5, 0.6) is 0 Å². The van der Waals surface area contributed by atoms with Crippen molar-refractivity contribution in [1.82, 2.24) is 5.43 Å². The molecule has 2 N–H and O–H groups in total. The van der Waals surface area contributed by atoms with Gasteiger partial charge >= 0.3 is 11.8 Å². The molecule has 0 saturated heterocycles. The molecule has 0 aliphatic heterocycles. The van der Waals surface area contributed by atoms with E-state index in [0.717, 1.165) is 5.56 Å². The van der Waals surface area contributed by atoms with E-state index in [1.807, 2.05) is 30.3 Å². The van der Waals surface area contributed by atoms with Crippen molar-refractivity contribution in [3.05, 3.63) is 64.1 Å². The van der Waals surface area contributed by atoms with Crippen LogP contribution in [-0.4, -0.2) is 18.0 Å². The number of rotatable bonds is 3. The number of hydrogen-bond acceptors (Lipinski definition) is 3. The molecule has 2 rings (SSSR count). The number of halogens is 2. The van der Waals surface area contributed by atoms with Crippen molar-refractivity contribution in [3.63, 3.8) is 0 Å². The predicted octanol–water partition coefficient (Wildman–Crippen LogP) is 3.08. The third-order valence-electron chi connectivity index (χ3n) is 2.56. The molecule has 2 aromatic carbocycles. The number of hydrogen-bond donors (Lipinski definition) is 2. The first-order valence-electron chi connectivity index (χ1n) is 6.21. The summed E-state index contributed by atoms with van der Waals surface area (Å²) >= 11 is 11.7. The van der Waals surface area contributed by atoms with Crippen LogP contribution < -0.4 is 10.7 Å². The molecule has 5 nitrogen and oxygen atoms in total. The zero-order chi connectivity index (χ0) is 15.9. The summed E-state index contributed by atoms with van der Waals surface area (Å²) in [5, 5.41) is 6.73. The van der Waals surface area contributed by atoms with E-state index in [-0.39, 0.29) is 10.7 Å². The normalized spacial score (nSPS) is 10.5. The maximum Gasteiger partial charge on any atom is 0.329 e. The molecule has 7 heteroatoms. The average Bonchev–Trinajstić information content (AvgIpc) is 2.52. The van der Waals surface area contributed by atoms with Crippen molar-refractivity contribution in [3.8, 4) is 0 Å². The number of benzene rings is 2. The third kappa shape index (κ3) is 4.58. The van der Waals surface area contributed by atoms with Crippen LogP contribution in [0.2, 0.25) is 10.0 Å². The maximum absolute atomic E-state index is 11.7. The number of amides is 2. The largest absolute Gasteiger partial charge is 0.329 e. The van der Waals surface area contributed by atoms with Crippen molar-refractivity contribution >= 4 is 46.9 Å². The summed E-state index contributed by atoms with van der Waals surface area (Å²) in [7, 11) is 0. The zero-order valence-corrected chi connectivity index (χ0v) is 12.7. The lowest BCUT2D eigenvalue weighted by atomic mass is 10.2. The van der Waals surface area contributed by atoms with Crippen molar-refractivity contribution in [2.45, 2.75) is 0 Å². The standard InChI is InChI=1S/C15H11Cl2N3O2/c16-11-6-7-12(17)13(8-11)19-14(21)15(22)20-18-9-10-4-2-1-3-5-10/h1-9H,(H,19,21)(H,20,22). The fourth-order valence-corrected chi connectivity index (χ4v) is 1.86. The summed E-state index contributed by atoms with van der Waals surface area (Å²) in [5.74, 6) is -1.81. The van der Waals surface area contributed by atoms with Gasteiger partial charge in [0.25, 0.3) is 0 Å². The first-order valence-corrected chi connectivity index (χ1v) is 6.96. The van der Waals surface area contributed by atoms with Crippen molar-refractivity contribution in [1.29, 1.82) is 0 Å². The Labute approximate surface area is 136 Å². The van der Waals surface area contributed by atoms with Gasteiger partial charge in [-0.05, 0) is 23.8 Å². The Morgan fingerprint density at radius 2 is 1.73 bits per heavy atom. The van der Waals surface area contributed by atoms with Crippen molar-refractivity contribution in [2.24, 2.45) is 5.10 Å². The lowest BCUT2D eigenvalue weighted by Gasteiger charge is -2.06. The number of carbonyl (C=O) groups is 2. The Bertz CT molecular complexity index is 718. The highest BCUT2D eigenvalue weighted by Crippen LogP contribution is 2.25. The van der Waals surface area contributed by atoms with Crippen molar-refractivity contribution in [2.75, 3.05) is 5.32 Å². The van der Waals surface area contributed by atoms with Gasteiger partial charge in [-0.3, -0.25) is 9.59 Å². The molecule has 2 amide bonds. The average molecular weight is 336 g/mol. The minimum atomic E-state index is -0.914. The molecule has 0 saturated carbocycles. The van der Waals surface area contributed by atoms with Gasteiger partial charge in [-0.1, -0.05) is 53.5 Å². The quantitative estimate of drug-likeness (QED) is 0.514. The van der Waals surface area contributed by atoms with Gasteiger partial charge in [0.15, 0.2) is 0 Å². The molecule has 0 aromatic heterocycles. The first kappa shape index (κ1) is 16.0. The summed E-state index contributed by atoms with van der Waals surface area (Å²) in [6, 6.07) is 13.7. The Morgan fingerprint density at radius 1 is 1.00 bits per heavy atom. The van der Waals surface area contributed by atoms with E-state index in [1.54, 1.807) is 6.07 Å². The second kappa shape index (κ2) is 7.59. The highest BCUT2D eigenvalue weighted by molar-refractivity contribution is 6.42. The molecule has 0 atom stereocenters. The van der Waals surface area contributed by atoms with E-state index < -0.39 is 11.8 Å². The van der Waals surface area contributed by atoms with E-state index in [0.29, 0.717) is 5.02 Å². The number of hydrazone groups is 1. The minimum Gasteiger partial charge on any atom is -0.316 e. The van der Waals surface area contributed by atoms with Gasteiger partial charge in [0.1, 0.15) is 0 Å². The van der Waals surface area contributed by atoms with Gasteiger partial charge in [-0.15, -0.1) is 0 Å². The molecule has 0 radical (unpaired) electrons. The topological polar surface area (TPSA) is 70.6 Å². The lowest BCUT2D eigenvalue weighted by Crippen LogP contribution is -2.32. The Morgan fingerprint density at radius 3 is 2.45 bits per heavy atom. The molecule has 0 fully saturated rings. The van der Waals surface area contributed by atoms with Crippen molar-refractivity contribution < 1.29 is 9.59 Å². The van der Waals surface area contributed by atoms with E-state index in [4.69, 9.17) is 23.2 Å². The van der Waals surface area contributed by atoms with Crippen LogP contribution in [0, 0.1) is 0 Å². The fraction of sp³-hybridized carbons (Fsp3) is 0. The van der Waals surface area contributed by atoms with E-state index >= 15 is 0 Å².